The van der Waals surface area contributed by atoms with E-state index in [0.29, 0.717) is 10.9 Å². The Balaban J connectivity index is 1.93. The Morgan fingerprint density at radius 3 is 2.71 bits per heavy atom. The molecule has 1 aromatic heterocycles. The van der Waals surface area contributed by atoms with E-state index in [2.05, 4.69) is 11.9 Å². The number of aromatic carboxylic acids is 1. The van der Waals surface area contributed by atoms with Gasteiger partial charge in [-0.15, -0.1) is 11.8 Å². The first-order chi connectivity index (χ1) is 10.1. The maximum Gasteiger partial charge on any atom is 0.338 e. The lowest BCUT2D eigenvalue weighted by Gasteiger charge is -2.11. The molecule has 0 spiro atoms. The first-order valence-electron chi connectivity index (χ1n) is 6.62. The lowest BCUT2D eigenvalue weighted by atomic mass is 10.0. The predicted octanol–water partition coefficient (Wildman–Crippen LogP) is 3.89. The number of halogens is 1. The van der Waals surface area contributed by atoms with E-state index in [4.69, 9.17) is 5.11 Å². The predicted molar refractivity (Wildman–Crippen MR) is 81.2 cm³/mol. The average molecular weight is 305 g/mol. The van der Waals surface area contributed by atoms with Crippen molar-refractivity contribution in [3.8, 4) is 0 Å². The standard InChI is InChI=1S/C16H16FNO2S/c1-11(9-12-4-6-13(17)7-5-12)10-21-15-14(16(19)20)3-2-8-18-15/h2-8,11H,9-10H2,1H3,(H,19,20). The number of carbonyl (C=O) groups is 1. The SMILES string of the molecule is CC(CSc1ncccc1C(=O)O)Cc1ccc(F)cc1. The zero-order valence-electron chi connectivity index (χ0n) is 11.6. The first-order valence-corrected chi connectivity index (χ1v) is 7.60. The molecule has 2 rings (SSSR count). The van der Waals surface area contributed by atoms with E-state index in [1.807, 2.05) is 0 Å². The summed E-state index contributed by atoms with van der Waals surface area (Å²) in [6, 6.07) is 9.64. The Kier molecular flexibility index (Phi) is 5.33. The van der Waals surface area contributed by atoms with E-state index in [-0.39, 0.29) is 11.4 Å². The van der Waals surface area contributed by atoms with E-state index in [0.717, 1.165) is 17.7 Å². The van der Waals surface area contributed by atoms with Crippen molar-refractivity contribution < 1.29 is 14.3 Å². The van der Waals surface area contributed by atoms with Crippen LogP contribution in [0.25, 0.3) is 0 Å². The molecule has 3 nitrogen and oxygen atoms in total. The van der Waals surface area contributed by atoms with Crippen molar-refractivity contribution in [2.24, 2.45) is 5.92 Å². The molecule has 0 aliphatic heterocycles. The molecule has 1 heterocycles. The van der Waals surface area contributed by atoms with Gasteiger partial charge in [0, 0.05) is 11.9 Å². The summed E-state index contributed by atoms with van der Waals surface area (Å²) in [6.07, 6.45) is 2.42. The summed E-state index contributed by atoms with van der Waals surface area (Å²) < 4.78 is 12.8. The number of rotatable bonds is 6. The second kappa shape index (κ2) is 7.22. The molecule has 0 amide bonds. The van der Waals surface area contributed by atoms with Crippen LogP contribution in [0.2, 0.25) is 0 Å². The third-order valence-electron chi connectivity index (χ3n) is 3.00. The normalized spacial score (nSPS) is 12.1. The minimum atomic E-state index is -0.961. The molecule has 0 aliphatic carbocycles. The molecule has 1 N–H and O–H groups in total. The monoisotopic (exact) mass is 305 g/mol. The van der Waals surface area contributed by atoms with Crippen molar-refractivity contribution in [1.29, 1.82) is 0 Å². The van der Waals surface area contributed by atoms with Crippen molar-refractivity contribution in [3.05, 3.63) is 59.5 Å². The van der Waals surface area contributed by atoms with E-state index in [9.17, 15) is 9.18 Å². The van der Waals surface area contributed by atoms with Gasteiger partial charge in [0.05, 0.1) is 5.56 Å². The quantitative estimate of drug-likeness (QED) is 0.823. The van der Waals surface area contributed by atoms with Crippen LogP contribution in [0.3, 0.4) is 0 Å². The second-order valence-electron chi connectivity index (χ2n) is 4.91. The van der Waals surface area contributed by atoms with Gasteiger partial charge in [-0.3, -0.25) is 0 Å². The van der Waals surface area contributed by atoms with Crippen molar-refractivity contribution in [2.45, 2.75) is 18.4 Å². The molecular formula is C16H16FNO2S. The highest BCUT2D eigenvalue weighted by Crippen LogP contribution is 2.24. The highest BCUT2D eigenvalue weighted by molar-refractivity contribution is 7.99. The van der Waals surface area contributed by atoms with Gasteiger partial charge in [-0.1, -0.05) is 19.1 Å². The van der Waals surface area contributed by atoms with Gasteiger partial charge in [0.15, 0.2) is 0 Å². The fraction of sp³-hybridized carbons (Fsp3) is 0.250. The number of carboxylic acid groups (broad SMARTS) is 1. The number of carboxylic acids is 1. The summed E-state index contributed by atoms with van der Waals surface area (Å²) in [5.41, 5.74) is 1.31. The van der Waals surface area contributed by atoms with Crippen molar-refractivity contribution in [2.75, 3.05) is 5.75 Å². The Bertz CT molecular complexity index is 616. The van der Waals surface area contributed by atoms with Gasteiger partial charge in [-0.25, -0.2) is 14.2 Å². The van der Waals surface area contributed by atoms with Gasteiger partial charge in [-0.05, 0) is 42.2 Å². The number of aromatic nitrogens is 1. The smallest absolute Gasteiger partial charge is 0.338 e. The maximum absolute atomic E-state index is 12.8. The molecule has 5 heteroatoms. The minimum absolute atomic E-state index is 0.233. The highest BCUT2D eigenvalue weighted by atomic mass is 32.2. The third-order valence-corrected chi connectivity index (χ3v) is 4.34. The zero-order chi connectivity index (χ0) is 15.2. The van der Waals surface area contributed by atoms with Crippen LogP contribution in [0, 0.1) is 11.7 Å². The van der Waals surface area contributed by atoms with E-state index in [1.165, 1.54) is 23.9 Å². The first kappa shape index (κ1) is 15.5. The zero-order valence-corrected chi connectivity index (χ0v) is 12.4. The van der Waals surface area contributed by atoms with Crippen molar-refractivity contribution >= 4 is 17.7 Å². The molecule has 1 unspecified atom stereocenters. The van der Waals surface area contributed by atoms with Crippen LogP contribution in [-0.2, 0) is 6.42 Å². The van der Waals surface area contributed by atoms with Crippen LogP contribution < -0.4 is 0 Å². The number of hydrogen-bond donors (Lipinski definition) is 1. The summed E-state index contributed by atoms with van der Waals surface area (Å²) in [5, 5.41) is 9.64. The molecule has 0 saturated carbocycles. The summed E-state index contributed by atoms with van der Waals surface area (Å²) in [5.74, 6) is -0.101. The number of pyridine rings is 1. The summed E-state index contributed by atoms with van der Waals surface area (Å²) in [7, 11) is 0. The van der Waals surface area contributed by atoms with Crippen LogP contribution in [0.4, 0.5) is 4.39 Å². The van der Waals surface area contributed by atoms with Crippen LogP contribution in [-0.4, -0.2) is 21.8 Å². The maximum atomic E-state index is 12.8. The molecule has 2 aromatic rings. The van der Waals surface area contributed by atoms with E-state index in [1.54, 1.807) is 30.5 Å². The average Bonchev–Trinajstić information content (AvgIpc) is 2.48. The van der Waals surface area contributed by atoms with Crippen molar-refractivity contribution in [3.63, 3.8) is 0 Å². The van der Waals surface area contributed by atoms with Crippen LogP contribution >= 0.6 is 11.8 Å². The summed E-state index contributed by atoms with van der Waals surface area (Å²) in [6.45, 7) is 2.08. The summed E-state index contributed by atoms with van der Waals surface area (Å²) in [4.78, 5) is 15.2. The fourth-order valence-electron chi connectivity index (χ4n) is 1.97. The van der Waals surface area contributed by atoms with Gasteiger partial charge in [-0.2, -0.15) is 0 Å². The van der Waals surface area contributed by atoms with Crippen molar-refractivity contribution in [1.82, 2.24) is 4.98 Å². The lowest BCUT2D eigenvalue weighted by molar-refractivity contribution is 0.0692. The molecule has 0 radical (unpaired) electrons. The number of thioether (sulfide) groups is 1. The molecule has 0 aliphatic rings. The molecule has 110 valence electrons. The highest BCUT2D eigenvalue weighted by Gasteiger charge is 2.12. The Hall–Kier alpha value is -1.88. The van der Waals surface area contributed by atoms with Crippen LogP contribution in [0.5, 0.6) is 0 Å². The van der Waals surface area contributed by atoms with Gasteiger partial charge in [0.2, 0.25) is 0 Å². The van der Waals surface area contributed by atoms with E-state index >= 15 is 0 Å². The Morgan fingerprint density at radius 1 is 1.33 bits per heavy atom. The van der Waals surface area contributed by atoms with Gasteiger partial charge in [0.25, 0.3) is 0 Å². The Labute approximate surface area is 127 Å². The third kappa shape index (κ3) is 4.56. The number of nitrogens with zero attached hydrogens (tertiary/aromatic N) is 1. The Morgan fingerprint density at radius 2 is 2.05 bits per heavy atom. The summed E-state index contributed by atoms with van der Waals surface area (Å²) >= 11 is 1.44. The van der Waals surface area contributed by atoms with Gasteiger partial charge in [0.1, 0.15) is 10.8 Å². The second-order valence-corrected chi connectivity index (χ2v) is 5.92. The lowest BCUT2D eigenvalue weighted by Crippen LogP contribution is -2.05. The minimum Gasteiger partial charge on any atom is -0.478 e. The van der Waals surface area contributed by atoms with Crippen LogP contribution in [0.15, 0.2) is 47.6 Å². The number of benzene rings is 1. The topological polar surface area (TPSA) is 50.2 Å². The fourth-order valence-corrected chi connectivity index (χ4v) is 2.98. The molecule has 0 fully saturated rings. The molecule has 21 heavy (non-hydrogen) atoms. The molecule has 1 aromatic carbocycles. The molecule has 0 saturated heterocycles. The number of hydrogen-bond acceptors (Lipinski definition) is 3. The molecule has 0 bridgehead atoms. The van der Waals surface area contributed by atoms with Gasteiger partial charge < -0.3 is 5.11 Å². The molecule has 1 atom stereocenters. The van der Waals surface area contributed by atoms with Gasteiger partial charge >= 0.3 is 5.97 Å². The largest absolute Gasteiger partial charge is 0.478 e. The molecular weight excluding hydrogens is 289 g/mol. The van der Waals surface area contributed by atoms with E-state index < -0.39 is 5.97 Å². The van der Waals surface area contributed by atoms with Crippen LogP contribution in [0.1, 0.15) is 22.8 Å².